The summed E-state index contributed by atoms with van der Waals surface area (Å²) in [6, 6.07) is 4.71. The zero-order chi connectivity index (χ0) is 22.4. The number of carbonyl (C=O) groups is 1. The van der Waals surface area contributed by atoms with Crippen LogP contribution in [0.25, 0.3) is 6.08 Å². The van der Waals surface area contributed by atoms with Gasteiger partial charge in [-0.1, -0.05) is 12.7 Å². The Bertz CT molecular complexity index is 1040. The van der Waals surface area contributed by atoms with E-state index in [1.54, 1.807) is 30.6 Å². The predicted octanol–water partition coefficient (Wildman–Crippen LogP) is 0.934. The van der Waals surface area contributed by atoms with Crippen LogP contribution in [0.15, 0.2) is 42.1 Å². The van der Waals surface area contributed by atoms with E-state index in [1.807, 2.05) is 4.90 Å². The first-order chi connectivity index (χ1) is 14.8. The number of piperazine rings is 1. The second-order valence-electron chi connectivity index (χ2n) is 6.73. The number of carboxylic acid groups (broad SMARTS) is 1. The maximum atomic E-state index is 12.8. The quantitative estimate of drug-likeness (QED) is 0.463. The first-order valence-electron chi connectivity index (χ1n) is 9.53. The molecule has 31 heavy (non-hydrogen) atoms. The number of hydrogen-bond acceptors (Lipinski definition) is 8. The minimum atomic E-state index is -3.88. The van der Waals surface area contributed by atoms with Crippen LogP contribution >= 0.6 is 0 Å². The number of aliphatic hydroxyl groups excluding tert-OH is 1. The molecule has 0 atom stereocenters. The van der Waals surface area contributed by atoms with E-state index < -0.39 is 16.1 Å². The lowest BCUT2D eigenvalue weighted by atomic mass is 10.2. The third-order valence-electron chi connectivity index (χ3n) is 4.71. The number of sulfonamides is 1. The van der Waals surface area contributed by atoms with E-state index in [0.717, 1.165) is 5.56 Å². The maximum Gasteiger partial charge on any atom is 0.407 e. The Labute approximate surface area is 180 Å². The summed E-state index contributed by atoms with van der Waals surface area (Å²) >= 11 is 0. The van der Waals surface area contributed by atoms with Crippen molar-refractivity contribution < 1.29 is 23.4 Å². The number of nitrogens with one attached hydrogen (secondary N) is 2. The standard InChI is InChI=1S/C19H24N6O5S/c1-2-14-12-20-18(21-13-14)23-15-3-4-17(31(29,30)22-5-10-26)16(11-15)24-6-8-25(9-7-24)19(27)28/h2-4,11-13,22,26H,1,5-10H2,(H,27,28)(H,20,21,23). The number of rotatable bonds is 8. The summed E-state index contributed by atoms with van der Waals surface area (Å²) in [5.74, 6) is 0.334. The van der Waals surface area contributed by atoms with Crippen molar-refractivity contribution in [2.45, 2.75) is 4.90 Å². The van der Waals surface area contributed by atoms with E-state index in [9.17, 15) is 13.2 Å². The number of nitrogens with zero attached hydrogens (tertiary/aromatic N) is 4. The van der Waals surface area contributed by atoms with Crippen molar-refractivity contribution in [3.8, 4) is 0 Å². The molecule has 1 aliphatic heterocycles. The molecule has 1 aromatic heterocycles. The lowest BCUT2D eigenvalue weighted by molar-refractivity contribution is 0.142. The Hall–Kier alpha value is -3.22. The number of anilines is 3. The SMILES string of the molecule is C=Cc1cnc(Nc2ccc(S(=O)(=O)NCCO)c(N3CCN(C(=O)O)CC3)c2)nc1. The molecule has 1 aromatic carbocycles. The second-order valence-corrected chi connectivity index (χ2v) is 8.47. The van der Waals surface area contributed by atoms with Crippen LogP contribution in [0, 0.1) is 0 Å². The normalized spacial score (nSPS) is 14.4. The van der Waals surface area contributed by atoms with Gasteiger partial charge in [-0.25, -0.2) is 27.9 Å². The highest BCUT2D eigenvalue weighted by atomic mass is 32.2. The van der Waals surface area contributed by atoms with Crippen LogP contribution in [-0.4, -0.2) is 78.9 Å². The molecule has 3 rings (SSSR count). The van der Waals surface area contributed by atoms with Crippen molar-refractivity contribution in [3.05, 3.63) is 42.7 Å². The molecule has 0 bridgehead atoms. The van der Waals surface area contributed by atoms with Crippen LogP contribution in [0.3, 0.4) is 0 Å². The molecule has 1 amide bonds. The van der Waals surface area contributed by atoms with Gasteiger partial charge in [0.15, 0.2) is 0 Å². The highest BCUT2D eigenvalue weighted by Crippen LogP contribution is 2.30. The first-order valence-corrected chi connectivity index (χ1v) is 11.0. The van der Waals surface area contributed by atoms with Gasteiger partial charge in [0.1, 0.15) is 4.90 Å². The highest BCUT2D eigenvalue weighted by molar-refractivity contribution is 7.89. The molecule has 12 heteroatoms. The van der Waals surface area contributed by atoms with Gasteiger partial charge in [0.05, 0.1) is 12.3 Å². The molecule has 0 unspecified atom stereocenters. The summed E-state index contributed by atoms with van der Waals surface area (Å²) in [6.45, 7) is 4.39. The average Bonchev–Trinajstić information content (AvgIpc) is 2.78. The van der Waals surface area contributed by atoms with Crippen LogP contribution < -0.4 is 14.9 Å². The summed E-state index contributed by atoms with van der Waals surface area (Å²) in [5.41, 5.74) is 1.75. The van der Waals surface area contributed by atoms with Crippen LogP contribution in [0.1, 0.15) is 5.56 Å². The van der Waals surface area contributed by atoms with E-state index in [1.165, 1.54) is 11.0 Å². The zero-order valence-corrected chi connectivity index (χ0v) is 17.5. The molecular weight excluding hydrogens is 424 g/mol. The van der Waals surface area contributed by atoms with Crippen molar-refractivity contribution in [1.82, 2.24) is 19.6 Å². The molecular formula is C19H24N6O5S. The fraction of sp³-hybridized carbons (Fsp3) is 0.316. The Morgan fingerprint density at radius 2 is 1.87 bits per heavy atom. The number of hydrogen-bond donors (Lipinski definition) is 4. The van der Waals surface area contributed by atoms with Gasteiger partial charge in [-0.2, -0.15) is 0 Å². The summed E-state index contributed by atoms with van der Waals surface area (Å²) in [6.07, 6.45) is 3.82. The fourth-order valence-corrected chi connectivity index (χ4v) is 4.33. The third-order valence-corrected chi connectivity index (χ3v) is 6.22. The summed E-state index contributed by atoms with van der Waals surface area (Å²) in [7, 11) is -3.88. The second kappa shape index (κ2) is 9.73. The van der Waals surface area contributed by atoms with Gasteiger partial charge in [-0.15, -0.1) is 0 Å². The van der Waals surface area contributed by atoms with E-state index in [-0.39, 0.29) is 31.1 Å². The average molecular weight is 449 g/mol. The summed E-state index contributed by atoms with van der Waals surface area (Å²) in [5, 5.41) is 21.2. The molecule has 1 saturated heterocycles. The number of aromatic nitrogens is 2. The van der Waals surface area contributed by atoms with Crippen LogP contribution in [-0.2, 0) is 10.0 Å². The number of benzene rings is 1. The van der Waals surface area contributed by atoms with Gasteiger partial charge >= 0.3 is 6.09 Å². The maximum absolute atomic E-state index is 12.8. The van der Waals surface area contributed by atoms with Gasteiger partial charge in [0, 0.05) is 56.4 Å². The molecule has 0 aliphatic carbocycles. The Morgan fingerprint density at radius 1 is 1.19 bits per heavy atom. The van der Waals surface area contributed by atoms with Crippen molar-refractivity contribution in [2.75, 3.05) is 49.5 Å². The predicted molar refractivity (Wildman–Crippen MR) is 116 cm³/mol. The van der Waals surface area contributed by atoms with Crippen LogP contribution in [0.2, 0.25) is 0 Å². The molecule has 1 fully saturated rings. The van der Waals surface area contributed by atoms with Crippen LogP contribution in [0.4, 0.5) is 22.1 Å². The monoisotopic (exact) mass is 448 g/mol. The Morgan fingerprint density at radius 3 is 2.45 bits per heavy atom. The first kappa shape index (κ1) is 22.5. The van der Waals surface area contributed by atoms with E-state index >= 15 is 0 Å². The lowest BCUT2D eigenvalue weighted by Crippen LogP contribution is -2.48. The summed E-state index contributed by atoms with van der Waals surface area (Å²) in [4.78, 5) is 22.7. The molecule has 11 nitrogen and oxygen atoms in total. The van der Waals surface area contributed by atoms with Gasteiger partial charge < -0.3 is 25.3 Å². The lowest BCUT2D eigenvalue weighted by Gasteiger charge is -2.35. The Kier molecular flexibility index (Phi) is 7.05. The fourth-order valence-electron chi connectivity index (χ4n) is 3.10. The van der Waals surface area contributed by atoms with Gasteiger partial charge in [0.25, 0.3) is 0 Å². The smallest absolute Gasteiger partial charge is 0.407 e. The van der Waals surface area contributed by atoms with Crippen molar-refractivity contribution in [3.63, 3.8) is 0 Å². The molecule has 0 saturated carbocycles. The van der Waals surface area contributed by atoms with Crippen molar-refractivity contribution in [2.24, 2.45) is 0 Å². The Balaban J connectivity index is 1.92. The molecule has 4 N–H and O–H groups in total. The van der Waals surface area contributed by atoms with Gasteiger partial charge in [-0.3, -0.25) is 0 Å². The molecule has 2 aromatic rings. The van der Waals surface area contributed by atoms with E-state index in [4.69, 9.17) is 10.2 Å². The van der Waals surface area contributed by atoms with Crippen molar-refractivity contribution >= 4 is 39.5 Å². The van der Waals surface area contributed by atoms with Crippen LogP contribution in [0.5, 0.6) is 0 Å². The van der Waals surface area contributed by atoms with E-state index in [2.05, 4.69) is 26.6 Å². The molecule has 2 heterocycles. The van der Waals surface area contributed by atoms with Crippen molar-refractivity contribution in [1.29, 1.82) is 0 Å². The minimum absolute atomic E-state index is 0.0400. The van der Waals surface area contributed by atoms with E-state index in [0.29, 0.717) is 30.4 Å². The largest absolute Gasteiger partial charge is 0.465 e. The molecule has 166 valence electrons. The topological polar surface area (TPSA) is 148 Å². The highest BCUT2D eigenvalue weighted by Gasteiger charge is 2.26. The molecule has 0 spiro atoms. The number of aliphatic hydroxyl groups is 1. The zero-order valence-electron chi connectivity index (χ0n) is 16.7. The number of amides is 1. The van der Waals surface area contributed by atoms with Gasteiger partial charge in [-0.05, 0) is 18.2 Å². The summed E-state index contributed by atoms with van der Waals surface area (Å²) < 4.78 is 27.9. The minimum Gasteiger partial charge on any atom is -0.465 e. The third kappa shape index (κ3) is 5.48. The molecule has 1 aliphatic rings. The van der Waals surface area contributed by atoms with Gasteiger partial charge in [0.2, 0.25) is 16.0 Å². The molecule has 0 radical (unpaired) electrons.